The van der Waals surface area contributed by atoms with Crippen molar-refractivity contribution in [3.05, 3.63) is 12.7 Å². The summed E-state index contributed by atoms with van der Waals surface area (Å²) in [7, 11) is 0. The number of hydrogen-bond donors (Lipinski definition) is 2. The van der Waals surface area contributed by atoms with Gasteiger partial charge in [0.2, 0.25) is 0 Å². The van der Waals surface area contributed by atoms with Crippen LogP contribution < -0.4 is 11.1 Å². The second kappa shape index (κ2) is 4.90. The Balaban J connectivity index is 2.28. The van der Waals surface area contributed by atoms with Gasteiger partial charge in [0.1, 0.15) is 0 Å². The Morgan fingerprint density at radius 2 is 2.50 bits per heavy atom. The Labute approximate surface area is 79.0 Å². The minimum absolute atomic E-state index is 0.230. The van der Waals surface area contributed by atoms with Gasteiger partial charge in [-0.1, -0.05) is 6.08 Å². The molecule has 0 amide bonds. The van der Waals surface area contributed by atoms with E-state index in [0.717, 1.165) is 19.5 Å². The van der Waals surface area contributed by atoms with Gasteiger partial charge in [-0.15, -0.1) is 6.58 Å². The van der Waals surface area contributed by atoms with Crippen LogP contribution in [0.25, 0.3) is 0 Å². The maximum atomic E-state index is 5.75. The van der Waals surface area contributed by atoms with E-state index >= 15 is 0 Å². The lowest BCUT2D eigenvalue weighted by Crippen LogP contribution is -2.51. The molecule has 1 aliphatic rings. The van der Waals surface area contributed by atoms with E-state index in [1.165, 1.54) is 17.9 Å². The van der Waals surface area contributed by atoms with Gasteiger partial charge in [0.15, 0.2) is 0 Å². The van der Waals surface area contributed by atoms with Crippen molar-refractivity contribution in [3.8, 4) is 0 Å². The van der Waals surface area contributed by atoms with Crippen LogP contribution in [0.15, 0.2) is 12.7 Å². The van der Waals surface area contributed by atoms with Crippen LogP contribution in [0.3, 0.4) is 0 Å². The fourth-order valence-corrected chi connectivity index (χ4v) is 2.85. The summed E-state index contributed by atoms with van der Waals surface area (Å²) in [6.45, 7) is 5.47. The van der Waals surface area contributed by atoms with Crippen LogP contribution >= 0.6 is 11.8 Å². The molecular weight excluding hydrogens is 168 g/mol. The SMILES string of the molecule is C=CCCNC1(CN)CCSC1. The second-order valence-corrected chi connectivity index (χ2v) is 4.40. The molecule has 0 aromatic rings. The lowest BCUT2D eigenvalue weighted by atomic mass is 9.99. The van der Waals surface area contributed by atoms with Crippen molar-refractivity contribution in [2.75, 3.05) is 24.6 Å². The van der Waals surface area contributed by atoms with Crippen LogP contribution in [0.1, 0.15) is 12.8 Å². The molecular formula is C9H18N2S. The van der Waals surface area contributed by atoms with Crippen molar-refractivity contribution < 1.29 is 0 Å². The first-order chi connectivity index (χ1) is 5.83. The van der Waals surface area contributed by atoms with Gasteiger partial charge < -0.3 is 11.1 Å². The van der Waals surface area contributed by atoms with E-state index in [1.54, 1.807) is 0 Å². The first-order valence-corrected chi connectivity index (χ1v) is 5.62. The smallest absolute Gasteiger partial charge is 0.0403 e. The molecule has 70 valence electrons. The largest absolute Gasteiger partial charge is 0.329 e. The highest BCUT2D eigenvalue weighted by molar-refractivity contribution is 7.99. The normalized spacial score (nSPS) is 29.1. The van der Waals surface area contributed by atoms with Crippen LogP contribution in [-0.4, -0.2) is 30.1 Å². The van der Waals surface area contributed by atoms with Crippen molar-refractivity contribution in [1.29, 1.82) is 0 Å². The number of nitrogens with two attached hydrogens (primary N) is 1. The molecule has 0 spiro atoms. The fraction of sp³-hybridized carbons (Fsp3) is 0.778. The van der Waals surface area contributed by atoms with Gasteiger partial charge in [0, 0.05) is 17.8 Å². The van der Waals surface area contributed by atoms with E-state index in [9.17, 15) is 0 Å². The molecule has 0 aromatic heterocycles. The molecule has 3 heteroatoms. The predicted octanol–water partition coefficient (Wildman–Crippen LogP) is 0.987. The van der Waals surface area contributed by atoms with Gasteiger partial charge in [-0.25, -0.2) is 0 Å². The van der Waals surface area contributed by atoms with E-state index in [4.69, 9.17) is 5.73 Å². The molecule has 3 N–H and O–H groups in total. The minimum atomic E-state index is 0.230. The third kappa shape index (κ3) is 2.51. The molecule has 2 nitrogen and oxygen atoms in total. The third-order valence-electron chi connectivity index (χ3n) is 2.34. The maximum Gasteiger partial charge on any atom is 0.0403 e. The van der Waals surface area contributed by atoms with Crippen LogP contribution in [0.5, 0.6) is 0 Å². The zero-order chi connectivity index (χ0) is 8.86. The first-order valence-electron chi connectivity index (χ1n) is 4.47. The highest BCUT2D eigenvalue weighted by Crippen LogP contribution is 2.26. The standard InChI is InChI=1S/C9H18N2S/c1-2-3-5-11-9(7-10)4-6-12-8-9/h2,11H,1,3-8,10H2. The molecule has 0 aliphatic carbocycles. The average Bonchev–Trinajstić information content (AvgIpc) is 2.55. The van der Waals surface area contributed by atoms with E-state index in [2.05, 4.69) is 11.9 Å². The summed E-state index contributed by atoms with van der Waals surface area (Å²) in [6, 6.07) is 0. The second-order valence-electron chi connectivity index (χ2n) is 3.29. The third-order valence-corrected chi connectivity index (χ3v) is 3.59. The van der Waals surface area contributed by atoms with E-state index in [0.29, 0.717) is 0 Å². The molecule has 1 atom stereocenters. The summed E-state index contributed by atoms with van der Waals surface area (Å²) in [5, 5.41) is 3.53. The Hall–Kier alpha value is 0.0100. The zero-order valence-corrected chi connectivity index (χ0v) is 8.33. The van der Waals surface area contributed by atoms with Gasteiger partial charge in [0.25, 0.3) is 0 Å². The van der Waals surface area contributed by atoms with E-state index in [1.807, 2.05) is 17.8 Å². The van der Waals surface area contributed by atoms with Crippen molar-refractivity contribution in [1.82, 2.24) is 5.32 Å². The summed E-state index contributed by atoms with van der Waals surface area (Å²) >= 11 is 2.00. The molecule has 0 radical (unpaired) electrons. The van der Waals surface area contributed by atoms with Gasteiger partial charge in [0.05, 0.1) is 0 Å². The Kier molecular flexibility index (Phi) is 4.12. The minimum Gasteiger partial charge on any atom is -0.329 e. The molecule has 0 aromatic carbocycles. The Morgan fingerprint density at radius 1 is 1.67 bits per heavy atom. The Morgan fingerprint density at radius 3 is 3.00 bits per heavy atom. The summed E-state index contributed by atoms with van der Waals surface area (Å²) in [4.78, 5) is 0. The highest BCUT2D eigenvalue weighted by atomic mass is 32.2. The van der Waals surface area contributed by atoms with Gasteiger partial charge >= 0.3 is 0 Å². The zero-order valence-electron chi connectivity index (χ0n) is 7.51. The molecule has 1 aliphatic heterocycles. The van der Waals surface area contributed by atoms with Gasteiger partial charge in [-0.3, -0.25) is 0 Å². The molecule has 1 heterocycles. The summed E-state index contributed by atoms with van der Waals surface area (Å²) in [5.41, 5.74) is 5.98. The van der Waals surface area contributed by atoms with Crippen molar-refractivity contribution in [3.63, 3.8) is 0 Å². The van der Waals surface area contributed by atoms with Crippen LogP contribution in [0.4, 0.5) is 0 Å². The quantitative estimate of drug-likeness (QED) is 0.497. The fourth-order valence-electron chi connectivity index (χ4n) is 1.42. The molecule has 1 saturated heterocycles. The number of rotatable bonds is 5. The van der Waals surface area contributed by atoms with Gasteiger partial charge in [-0.2, -0.15) is 11.8 Å². The molecule has 12 heavy (non-hydrogen) atoms. The molecule has 0 bridgehead atoms. The van der Waals surface area contributed by atoms with E-state index < -0.39 is 0 Å². The predicted molar refractivity (Wildman–Crippen MR) is 56.5 cm³/mol. The average molecular weight is 186 g/mol. The molecule has 1 rings (SSSR count). The van der Waals surface area contributed by atoms with Crippen LogP contribution in [-0.2, 0) is 0 Å². The highest BCUT2D eigenvalue weighted by Gasteiger charge is 2.31. The lowest BCUT2D eigenvalue weighted by molar-refractivity contribution is 0.377. The number of thioether (sulfide) groups is 1. The summed E-state index contributed by atoms with van der Waals surface area (Å²) in [5.74, 6) is 2.42. The molecule has 0 saturated carbocycles. The van der Waals surface area contributed by atoms with Crippen molar-refractivity contribution in [2.45, 2.75) is 18.4 Å². The Bertz CT molecular complexity index is 141. The molecule has 1 fully saturated rings. The summed E-state index contributed by atoms with van der Waals surface area (Å²) < 4.78 is 0. The maximum absolute atomic E-state index is 5.75. The topological polar surface area (TPSA) is 38.0 Å². The van der Waals surface area contributed by atoms with Crippen molar-refractivity contribution in [2.24, 2.45) is 5.73 Å². The molecule has 1 unspecified atom stereocenters. The van der Waals surface area contributed by atoms with Gasteiger partial charge in [-0.05, 0) is 25.1 Å². The van der Waals surface area contributed by atoms with Crippen LogP contribution in [0, 0.1) is 0 Å². The van der Waals surface area contributed by atoms with Crippen LogP contribution in [0.2, 0.25) is 0 Å². The monoisotopic (exact) mass is 186 g/mol. The summed E-state index contributed by atoms with van der Waals surface area (Å²) in [6.07, 6.45) is 4.19. The van der Waals surface area contributed by atoms with E-state index in [-0.39, 0.29) is 5.54 Å². The van der Waals surface area contributed by atoms with Crippen molar-refractivity contribution >= 4 is 11.8 Å². The number of nitrogens with one attached hydrogen (secondary N) is 1. The first kappa shape index (κ1) is 10.1. The number of hydrogen-bond acceptors (Lipinski definition) is 3. The lowest BCUT2D eigenvalue weighted by Gasteiger charge is -2.27.